The molecule has 0 saturated heterocycles. The molecule has 0 aromatic heterocycles. The van der Waals surface area contributed by atoms with E-state index in [9.17, 15) is 14.9 Å². The van der Waals surface area contributed by atoms with Crippen LogP contribution in [0.4, 0.5) is 5.69 Å². The molecule has 6 nitrogen and oxygen atoms in total. The molecule has 8 heteroatoms. The number of benzene rings is 3. The van der Waals surface area contributed by atoms with Crippen LogP contribution in [-0.2, 0) is 16.1 Å². The van der Waals surface area contributed by atoms with Gasteiger partial charge in [-0.3, -0.25) is 9.59 Å². The van der Waals surface area contributed by atoms with Gasteiger partial charge in [-0.15, -0.1) is 0 Å². The third-order valence-electron chi connectivity index (χ3n) is 4.44. The number of amides is 2. The van der Waals surface area contributed by atoms with Gasteiger partial charge in [-0.05, 0) is 47.5 Å². The average molecular weight is 480 g/mol. The highest BCUT2D eigenvalue weighted by molar-refractivity contribution is 6.42. The maximum Gasteiger partial charge on any atom is 0.266 e. The van der Waals surface area contributed by atoms with Crippen LogP contribution in [0, 0.1) is 11.3 Å². The Morgan fingerprint density at radius 1 is 0.970 bits per heavy atom. The molecular formula is C25H19Cl2N3O3. The molecule has 0 radical (unpaired) electrons. The molecule has 3 aromatic rings. The fourth-order valence-corrected chi connectivity index (χ4v) is 3.04. The number of nitriles is 1. The standard InChI is InChI=1S/C25H19Cl2N3O3/c26-22-11-8-20(13-23(22)27)30-25(32)19(14-28)12-17-6-9-21(10-7-17)33-16-24(31)29-15-18-4-2-1-3-5-18/h1-13H,15-16H2,(H,29,31)(H,30,32)/b19-12+. The fraction of sp³-hybridized carbons (Fsp3) is 0.0800. The van der Waals surface area contributed by atoms with Gasteiger partial charge in [-0.1, -0.05) is 65.7 Å². The second kappa shape index (κ2) is 11.7. The molecule has 0 bridgehead atoms. The van der Waals surface area contributed by atoms with Crippen molar-refractivity contribution in [2.75, 3.05) is 11.9 Å². The zero-order chi connectivity index (χ0) is 23.6. The van der Waals surface area contributed by atoms with Crippen molar-refractivity contribution in [2.45, 2.75) is 6.54 Å². The summed E-state index contributed by atoms with van der Waals surface area (Å²) in [6, 6.07) is 22.8. The molecule has 2 amide bonds. The number of hydrogen-bond acceptors (Lipinski definition) is 4. The van der Waals surface area contributed by atoms with Gasteiger partial charge in [0, 0.05) is 12.2 Å². The molecule has 0 heterocycles. The summed E-state index contributed by atoms with van der Waals surface area (Å²) < 4.78 is 5.49. The maximum absolute atomic E-state index is 12.4. The van der Waals surface area contributed by atoms with Crippen molar-refractivity contribution in [3.05, 3.63) is 99.5 Å². The Morgan fingerprint density at radius 2 is 1.70 bits per heavy atom. The molecule has 0 fully saturated rings. The predicted molar refractivity (Wildman–Crippen MR) is 129 cm³/mol. The molecule has 0 saturated carbocycles. The highest BCUT2D eigenvalue weighted by Gasteiger charge is 2.11. The molecule has 2 N–H and O–H groups in total. The third-order valence-corrected chi connectivity index (χ3v) is 5.18. The molecule has 0 unspecified atom stereocenters. The highest BCUT2D eigenvalue weighted by atomic mass is 35.5. The van der Waals surface area contributed by atoms with Gasteiger partial charge in [0.05, 0.1) is 10.0 Å². The first kappa shape index (κ1) is 23.9. The number of nitrogens with one attached hydrogen (secondary N) is 2. The van der Waals surface area contributed by atoms with Crippen molar-refractivity contribution in [1.82, 2.24) is 5.32 Å². The number of carbonyl (C=O) groups excluding carboxylic acids is 2. The van der Waals surface area contributed by atoms with Crippen molar-refractivity contribution in [3.63, 3.8) is 0 Å². The molecule has 0 atom stereocenters. The first-order valence-electron chi connectivity index (χ1n) is 9.86. The Balaban J connectivity index is 1.54. The van der Waals surface area contributed by atoms with Crippen LogP contribution < -0.4 is 15.4 Å². The number of anilines is 1. The van der Waals surface area contributed by atoms with Crippen LogP contribution >= 0.6 is 23.2 Å². The second-order valence-corrected chi connectivity index (χ2v) is 7.69. The Morgan fingerprint density at radius 3 is 2.36 bits per heavy atom. The maximum atomic E-state index is 12.4. The number of ether oxygens (including phenoxy) is 1. The van der Waals surface area contributed by atoms with E-state index in [0.717, 1.165) is 5.56 Å². The lowest BCUT2D eigenvalue weighted by Crippen LogP contribution is -2.28. The first-order chi connectivity index (χ1) is 15.9. The highest BCUT2D eigenvalue weighted by Crippen LogP contribution is 2.25. The van der Waals surface area contributed by atoms with Gasteiger partial charge in [-0.25, -0.2) is 0 Å². The van der Waals surface area contributed by atoms with Crippen LogP contribution in [0.5, 0.6) is 5.75 Å². The van der Waals surface area contributed by atoms with Gasteiger partial charge in [-0.2, -0.15) is 5.26 Å². The van der Waals surface area contributed by atoms with E-state index >= 15 is 0 Å². The van der Waals surface area contributed by atoms with E-state index in [1.807, 2.05) is 36.4 Å². The zero-order valence-corrected chi connectivity index (χ0v) is 18.9. The topological polar surface area (TPSA) is 91.2 Å². The largest absolute Gasteiger partial charge is 0.484 e. The van der Waals surface area contributed by atoms with Crippen LogP contribution in [0.2, 0.25) is 10.0 Å². The van der Waals surface area contributed by atoms with Crippen LogP contribution in [0.25, 0.3) is 6.08 Å². The van der Waals surface area contributed by atoms with Gasteiger partial charge < -0.3 is 15.4 Å². The van der Waals surface area contributed by atoms with Gasteiger partial charge in [0.2, 0.25) is 0 Å². The molecule has 0 spiro atoms. The number of halogens is 2. The molecule has 166 valence electrons. The summed E-state index contributed by atoms with van der Waals surface area (Å²) in [4.78, 5) is 24.4. The van der Waals surface area contributed by atoms with Gasteiger partial charge >= 0.3 is 0 Å². The van der Waals surface area contributed by atoms with E-state index in [1.165, 1.54) is 12.1 Å². The van der Waals surface area contributed by atoms with E-state index < -0.39 is 5.91 Å². The zero-order valence-electron chi connectivity index (χ0n) is 17.3. The number of hydrogen-bond donors (Lipinski definition) is 2. The van der Waals surface area contributed by atoms with Crippen molar-refractivity contribution < 1.29 is 14.3 Å². The van der Waals surface area contributed by atoms with Crippen molar-refractivity contribution in [3.8, 4) is 11.8 Å². The van der Waals surface area contributed by atoms with E-state index in [4.69, 9.17) is 27.9 Å². The first-order valence-corrected chi connectivity index (χ1v) is 10.6. The summed E-state index contributed by atoms with van der Waals surface area (Å²) in [5.74, 6) is -0.333. The Bertz CT molecular complexity index is 1200. The van der Waals surface area contributed by atoms with Gasteiger partial charge in [0.15, 0.2) is 6.61 Å². The lowest BCUT2D eigenvalue weighted by Gasteiger charge is -2.08. The minimum atomic E-state index is -0.577. The number of nitrogens with zero attached hydrogens (tertiary/aromatic N) is 1. The molecule has 3 rings (SSSR count). The summed E-state index contributed by atoms with van der Waals surface area (Å²) >= 11 is 11.8. The van der Waals surface area contributed by atoms with Gasteiger partial charge in [0.1, 0.15) is 17.4 Å². The van der Waals surface area contributed by atoms with Gasteiger partial charge in [0.25, 0.3) is 11.8 Å². The summed E-state index contributed by atoms with van der Waals surface area (Å²) in [7, 11) is 0. The number of rotatable bonds is 8. The SMILES string of the molecule is N#C/C(=C\c1ccc(OCC(=O)NCc2ccccc2)cc1)C(=O)Nc1ccc(Cl)c(Cl)c1. The Labute approximate surface area is 201 Å². The molecule has 0 aliphatic carbocycles. The minimum absolute atomic E-state index is 0.0879. The summed E-state index contributed by atoms with van der Waals surface area (Å²) in [6.07, 6.45) is 1.45. The Hall–Kier alpha value is -3.79. The van der Waals surface area contributed by atoms with Crippen molar-refractivity contribution in [2.24, 2.45) is 0 Å². The molecular weight excluding hydrogens is 461 g/mol. The number of carbonyl (C=O) groups is 2. The van der Waals surface area contributed by atoms with E-state index in [1.54, 1.807) is 36.4 Å². The normalized spacial score (nSPS) is 10.8. The molecule has 33 heavy (non-hydrogen) atoms. The smallest absolute Gasteiger partial charge is 0.266 e. The van der Waals surface area contributed by atoms with Crippen molar-refractivity contribution in [1.29, 1.82) is 5.26 Å². The quantitative estimate of drug-likeness (QED) is 0.341. The van der Waals surface area contributed by atoms with Crippen LogP contribution in [-0.4, -0.2) is 18.4 Å². The summed E-state index contributed by atoms with van der Waals surface area (Å²) in [5.41, 5.74) is 1.95. The van der Waals surface area contributed by atoms with E-state index in [2.05, 4.69) is 10.6 Å². The monoisotopic (exact) mass is 479 g/mol. The second-order valence-electron chi connectivity index (χ2n) is 6.87. The van der Waals surface area contributed by atoms with Crippen molar-refractivity contribution >= 4 is 46.8 Å². The predicted octanol–water partition coefficient (Wildman–Crippen LogP) is 5.23. The van der Waals surface area contributed by atoms with Crippen LogP contribution in [0.15, 0.2) is 78.4 Å². The molecule has 0 aliphatic rings. The molecule has 3 aromatic carbocycles. The average Bonchev–Trinajstić information content (AvgIpc) is 2.83. The lowest BCUT2D eigenvalue weighted by atomic mass is 10.1. The molecule has 0 aliphatic heterocycles. The van der Waals surface area contributed by atoms with Crippen LogP contribution in [0.1, 0.15) is 11.1 Å². The Kier molecular flexibility index (Phi) is 8.48. The van der Waals surface area contributed by atoms with E-state index in [0.29, 0.717) is 33.6 Å². The lowest BCUT2D eigenvalue weighted by molar-refractivity contribution is -0.123. The van der Waals surface area contributed by atoms with E-state index in [-0.39, 0.29) is 18.1 Å². The third kappa shape index (κ3) is 7.39. The van der Waals surface area contributed by atoms with Crippen LogP contribution in [0.3, 0.4) is 0 Å². The minimum Gasteiger partial charge on any atom is -0.484 e. The fourth-order valence-electron chi connectivity index (χ4n) is 2.74. The summed E-state index contributed by atoms with van der Waals surface area (Å²) in [5, 5.41) is 15.4. The summed E-state index contributed by atoms with van der Waals surface area (Å²) in [6.45, 7) is 0.297.